The van der Waals surface area contributed by atoms with Crippen molar-refractivity contribution in [1.82, 2.24) is 15.1 Å². The first kappa shape index (κ1) is 14.5. The van der Waals surface area contributed by atoms with Gasteiger partial charge in [-0.15, -0.1) is 10.2 Å². The Labute approximate surface area is 128 Å². The molecule has 1 aromatic carbocycles. The molecule has 5 nitrogen and oxygen atoms in total. The number of hydrogen-bond donors (Lipinski definition) is 0. The average Bonchev–Trinajstić information content (AvgIpc) is 2.87. The number of morpholine rings is 1. The van der Waals surface area contributed by atoms with E-state index in [1.165, 1.54) is 0 Å². The van der Waals surface area contributed by atoms with Gasteiger partial charge in [-0.3, -0.25) is 4.90 Å². The highest BCUT2D eigenvalue weighted by molar-refractivity contribution is 6.30. The molecule has 112 valence electrons. The molecule has 0 N–H and O–H groups in total. The summed E-state index contributed by atoms with van der Waals surface area (Å²) in [5, 5.41) is 8.92. The fourth-order valence-corrected chi connectivity index (χ4v) is 2.76. The van der Waals surface area contributed by atoms with E-state index in [1.807, 2.05) is 24.3 Å². The third-order valence-electron chi connectivity index (χ3n) is 3.41. The summed E-state index contributed by atoms with van der Waals surface area (Å²) in [6, 6.07) is 7.37. The van der Waals surface area contributed by atoms with Gasteiger partial charge in [0.1, 0.15) is 0 Å². The highest BCUT2D eigenvalue weighted by Crippen LogP contribution is 2.21. The predicted octanol–water partition coefficient (Wildman–Crippen LogP) is 3.00. The maximum absolute atomic E-state index is 5.88. The van der Waals surface area contributed by atoms with E-state index in [9.17, 15) is 0 Å². The monoisotopic (exact) mass is 307 g/mol. The molecule has 6 heteroatoms. The lowest BCUT2D eigenvalue weighted by molar-refractivity contribution is -0.0721. The van der Waals surface area contributed by atoms with Crippen LogP contribution in [0.1, 0.15) is 19.7 Å². The van der Waals surface area contributed by atoms with Gasteiger partial charge in [0.2, 0.25) is 11.8 Å². The lowest BCUT2D eigenvalue weighted by atomic mass is 10.2. The number of rotatable bonds is 3. The zero-order valence-electron chi connectivity index (χ0n) is 12.1. The van der Waals surface area contributed by atoms with Crippen LogP contribution in [0.2, 0.25) is 5.02 Å². The number of aromatic nitrogens is 2. The van der Waals surface area contributed by atoms with E-state index in [2.05, 4.69) is 28.9 Å². The molecule has 1 fully saturated rings. The molecular formula is C15H18ClN3O2. The molecule has 0 amide bonds. The van der Waals surface area contributed by atoms with Crippen molar-refractivity contribution in [3.8, 4) is 11.5 Å². The van der Waals surface area contributed by atoms with Crippen molar-refractivity contribution >= 4 is 11.6 Å². The molecule has 2 heterocycles. The van der Waals surface area contributed by atoms with Crippen LogP contribution in [0.4, 0.5) is 0 Å². The zero-order valence-corrected chi connectivity index (χ0v) is 12.9. The van der Waals surface area contributed by atoms with Gasteiger partial charge in [-0.05, 0) is 38.1 Å². The van der Waals surface area contributed by atoms with Gasteiger partial charge in [-0.1, -0.05) is 11.6 Å². The van der Waals surface area contributed by atoms with E-state index < -0.39 is 0 Å². The summed E-state index contributed by atoms with van der Waals surface area (Å²) in [5.74, 6) is 1.15. The Balaban J connectivity index is 1.69. The quantitative estimate of drug-likeness (QED) is 0.872. The highest BCUT2D eigenvalue weighted by Gasteiger charge is 2.23. The SMILES string of the molecule is C[C@H]1CN(Cc2nnc(-c3ccc(Cl)cc3)o2)C[C@H](C)O1. The molecule has 1 saturated heterocycles. The van der Waals surface area contributed by atoms with Crippen LogP contribution in [0, 0.1) is 0 Å². The van der Waals surface area contributed by atoms with Crippen molar-refractivity contribution in [2.75, 3.05) is 13.1 Å². The fraction of sp³-hybridized carbons (Fsp3) is 0.467. The Bertz CT molecular complexity index is 589. The second-order valence-corrected chi connectivity index (χ2v) is 5.90. The van der Waals surface area contributed by atoms with Gasteiger partial charge in [0, 0.05) is 23.7 Å². The summed E-state index contributed by atoms with van der Waals surface area (Å²) in [4.78, 5) is 2.28. The van der Waals surface area contributed by atoms with Gasteiger partial charge in [0.15, 0.2) is 0 Å². The highest BCUT2D eigenvalue weighted by atomic mass is 35.5. The Morgan fingerprint density at radius 1 is 1.14 bits per heavy atom. The van der Waals surface area contributed by atoms with Crippen LogP contribution in [0.25, 0.3) is 11.5 Å². The molecule has 21 heavy (non-hydrogen) atoms. The van der Waals surface area contributed by atoms with Gasteiger partial charge in [-0.25, -0.2) is 0 Å². The fourth-order valence-electron chi connectivity index (χ4n) is 2.63. The van der Waals surface area contributed by atoms with Crippen molar-refractivity contribution in [3.63, 3.8) is 0 Å². The zero-order chi connectivity index (χ0) is 14.8. The van der Waals surface area contributed by atoms with Gasteiger partial charge in [0.05, 0.1) is 18.8 Å². The van der Waals surface area contributed by atoms with E-state index in [1.54, 1.807) is 0 Å². The summed E-state index contributed by atoms with van der Waals surface area (Å²) in [6.07, 6.45) is 0.458. The standard InChI is InChI=1S/C15H18ClN3O2/c1-10-7-19(8-11(2)20-10)9-14-17-18-15(21-14)12-3-5-13(16)6-4-12/h3-6,10-11H,7-9H2,1-2H3/t10-,11-/m0/s1. The number of nitrogens with zero attached hydrogens (tertiary/aromatic N) is 3. The van der Waals surface area contributed by atoms with Crippen LogP contribution in [-0.4, -0.2) is 40.4 Å². The Kier molecular flexibility index (Phi) is 4.24. The minimum Gasteiger partial charge on any atom is -0.419 e. The van der Waals surface area contributed by atoms with Crippen LogP contribution in [0.3, 0.4) is 0 Å². The molecule has 0 saturated carbocycles. The van der Waals surface area contributed by atoms with Gasteiger partial charge >= 0.3 is 0 Å². The third kappa shape index (κ3) is 3.61. The second-order valence-electron chi connectivity index (χ2n) is 5.46. The molecule has 0 aliphatic carbocycles. The molecular weight excluding hydrogens is 290 g/mol. The Morgan fingerprint density at radius 3 is 2.48 bits per heavy atom. The number of benzene rings is 1. The van der Waals surface area contributed by atoms with Crippen LogP contribution in [-0.2, 0) is 11.3 Å². The Hall–Kier alpha value is -1.43. The van der Waals surface area contributed by atoms with Gasteiger partial charge in [-0.2, -0.15) is 0 Å². The summed E-state index contributed by atoms with van der Waals surface area (Å²) >= 11 is 5.88. The van der Waals surface area contributed by atoms with Crippen LogP contribution in [0.5, 0.6) is 0 Å². The third-order valence-corrected chi connectivity index (χ3v) is 3.66. The van der Waals surface area contributed by atoms with Crippen molar-refractivity contribution in [2.45, 2.75) is 32.6 Å². The molecule has 2 aromatic rings. The lowest BCUT2D eigenvalue weighted by Crippen LogP contribution is -2.44. The van der Waals surface area contributed by atoms with E-state index in [0.29, 0.717) is 23.3 Å². The topological polar surface area (TPSA) is 51.4 Å². The predicted molar refractivity (Wildman–Crippen MR) is 80.0 cm³/mol. The molecule has 0 unspecified atom stereocenters. The molecule has 1 aliphatic heterocycles. The minimum atomic E-state index is 0.229. The van der Waals surface area contributed by atoms with Gasteiger partial charge < -0.3 is 9.15 Å². The van der Waals surface area contributed by atoms with E-state index in [0.717, 1.165) is 18.7 Å². The summed E-state index contributed by atoms with van der Waals surface area (Å²) in [6.45, 7) is 6.57. The molecule has 1 aromatic heterocycles. The summed E-state index contributed by atoms with van der Waals surface area (Å²) in [7, 11) is 0. The second kappa shape index (κ2) is 6.13. The first-order valence-corrected chi connectivity index (χ1v) is 7.44. The van der Waals surface area contributed by atoms with Crippen molar-refractivity contribution in [3.05, 3.63) is 35.2 Å². The number of ether oxygens (including phenoxy) is 1. The molecule has 0 spiro atoms. The van der Waals surface area contributed by atoms with Crippen LogP contribution >= 0.6 is 11.6 Å². The smallest absolute Gasteiger partial charge is 0.247 e. The minimum absolute atomic E-state index is 0.229. The molecule has 3 rings (SSSR count). The maximum atomic E-state index is 5.88. The number of halogens is 1. The van der Waals surface area contributed by atoms with Crippen molar-refractivity contribution in [1.29, 1.82) is 0 Å². The first-order valence-electron chi connectivity index (χ1n) is 7.06. The normalized spacial score (nSPS) is 23.4. The average molecular weight is 308 g/mol. The van der Waals surface area contributed by atoms with E-state index in [-0.39, 0.29) is 12.2 Å². The van der Waals surface area contributed by atoms with E-state index in [4.69, 9.17) is 20.8 Å². The Morgan fingerprint density at radius 2 is 1.81 bits per heavy atom. The van der Waals surface area contributed by atoms with Crippen molar-refractivity contribution in [2.24, 2.45) is 0 Å². The number of hydrogen-bond acceptors (Lipinski definition) is 5. The summed E-state index contributed by atoms with van der Waals surface area (Å²) in [5.41, 5.74) is 0.877. The molecule has 2 atom stereocenters. The van der Waals surface area contributed by atoms with E-state index >= 15 is 0 Å². The molecule has 0 bridgehead atoms. The van der Waals surface area contributed by atoms with Crippen molar-refractivity contribution < 1.29 is 9.15 Å². The lowest BCUT2D eigenvalue weighted by Gasteiger charge is -2.34. The van der Waals surface area contributed by atoms with Gasteiger partial charge in [0.25, 0.3) is 0 Å². The largest absolute Gasteiger partial charge is 0.419 e. The molecule has 1 aliphatic rings. The first-order chi connectivity index (χ1) is 10.1. The summed E-state index contributed by atoms with van der Waals surface area (Å²) < 4.78 is 11.5. The van der Waals surface area contributed by atoms with Crippen LogP contribution in [0.15, 0.2) is 28.7 Å². The maximum Gasteiger partial charge on any atom is 0.247 e. The van der Waals surface area contributed by atoms with Crippen LogP contribution < -0.4 is 0 Å². The molecule has 0 radical (unpaired) electrons.